The van der Waals surface area contributed by atoms with Gasteiger partial charge in [0, 0.05) is 74.0 Å². The predicted molar refractivity (Wildman–Crippen MR) is 175 cm³/mol. The number of nitro groups is 1. The molecule has 0 aliphatic carbocycles. The molecule has 1 atom stereocenters. The number of non-ortho nitro benzene ring substituents is 1. The summed E-state index contributed by atoms with van der Waals surface area (Å²) < 4.78 is 39.4. The molecule has 0 saturated carbocycles. The average molecular weight is 664 g/mol. The average Bonchev–Trinajstić information content (AvgIpc) is 3.03. The van der Waals surface area contributed by atoms with Crippen LogP contribution in [0.5, 0.6) is 5.75 Å². The second-order valence-electron chi connectivity index (χ2n) is 10.4. The molecule has 0 heterocycles. The zero-order valence-electron chi connectivity index (χ0n) is 25.8. The number of nitro benzene ring substituents is 1. The quantitative estimate of drug-likeness (QED) is 0.0604. The second kappa shape index (κ2) is 15.2. The zero-order valence-corrected chi connectivity index (χ0v) is 26.6. The van der Waals surface area contributed by atoms with E-state index in [-0.39, 0.29) is 47.1 Å². The summed E-state index contributed by atoms with van der Waals surface area (Å²) >= 11 is 0. The Morgan fingerprint density at radius 1 is 0.894 bits per heavy atom. The second-order valence-corrected chi connectivity index (χ2v) is 12.2. The summed E-state index contributed by atoms with van der Waals surface area (Å²) in [5.74, 6) is -1.02. The van der Waals surface area contributed by atoms with Crippen LogP contribution in [0.25, 0.3) is 10.8 Å². The highest BCUT2D eigenvalue weighted by atomic mass is 32.2. The Bertz CT molecular complexity index is 1880. The molecule has 0 fully saturated rings. The molecule has 4 rings (SSSR count). The highest BCUT2D eigenvalue weighted by molar-refractivity contribution is 7.89. The molecule has 47 heavy (non-hydrogen) atoms. The van der Waals surface area contributed by atoms with E-state index < -0.39 is 39.0 Å². The predicted octanol–water partition coefficient (Wildman–Crippen LogP) is 4.51. The molecule has 0 spiro atoms. The number of hydrogen-bond acceptors (Lipinski definition) is 10. The number of ether oxygens (including phenoxy) is 2. The fourth-order valence-corrected chi connectivity index (χ4v) is 5.93. The number of rotatable bonds is 13. The third-order valence-electron chi connectivity index (χ3n) is 6.81. The van der Waals surface area contributed by atoms with Crippen molar-refractivity contribution in [1.82, 2.24) is 10.0 Å². The molecule has 4 aromatic rings. The maximum absolute atomic E-state index is 13.2. The van der Waals surface area contributed by atoms with Gasteiger partial charge in [0.2, 0.25) is 16.1 Å². The number of amides is 2. The SMILES string of the molecule is CC(=O)Oc1ccc(C(OC(=O)Nc2ccc([N+](=O)[O-])cc2)C(=O)NCCCNS(=O)(=O)c2cccc3c(N(C)C)cccc23)cc1. The summed E-state index contributed by atoms with van der Waals surface area (Å²) in [6.07, 6.45) is -2.24. The fraction of sp³-hybridized carbons (Fsp3) is 0.219. The molecule has 0 aromatic heterocycles. The van der Waals surface area contributed by atoms with Crippen molar-refractivity contribution in [3.05, 3.63) is 101 Å². The Labute approximate surface area is 270 Å². The summed E-state index contributed by atoms with van der Waals surface area (Å²) in [6.45, 7) is 1.28. The molecule has 0 aliphatic heterocycles. The molecule has 14 nitrogen and oxygen atoms in total. The van der Waals surface area contributed by atoms with Gasteiger partial charge in [-0.15, -0.1) is 0 Å². The number of benzene rings is 4. The highest BCUT2D eigenvalue weighted by Crippen LogP contribution is 2.30. The number of hydrogen-bond donors (Lipinski definition) is 3. The van der Waals surface area contributed by atoms with Crippen LogP contribution in [0.1, 0.15) is 25.0 Å². The van der Waals surface area contributed by atoms with Gasteiger partial charge in [-0.05, 0) is 42.8 Å². The van der Waals surface area contributed by atoms with Crippen molar-refractivity contribution >= 4 is 55.8 Å². The lowest BCUT2D eigenvalue weighted by Crippen LogP contribution is -2.35. The van der Waals surface area contributed by atoms with E-state index in [9.17, 15) is 32.9 Å². The normalized spacial score (nSPS) is 11.7. The lowest BCUT2D eigenvalue weighted by molar-refractivity contribution is -0.384. The van der Waals surface area contributed by atoms with E-state index in [0.29, 0.717) is 5.39 Å². The van der Waals surface area contributed by atoms with Crippen LogP contribution in [0.15, 0.2) is 89.8 Å². The minimum absolute atomic E-state index is 0.00953. The van der Waals surface area contributed by atoms with Crippen LogP contribution in [-0.4, -0.2) is 58.5 Å². The van der Waals surface area contributed by atoms with Gasteiger partial charge in [-0.3, -0.25) is 25.0 Å². The molecule has 15 heteroatoms. The fourth-order valence-electron chi connectivity index (χ4n) is 4.64. The lowest BCUT2D eigenvalue weighted by atomic mass is 10.1. The molecule has 246 valence electrons. The zero-order chi connectivity index (χ0) is 34.1. The molecule has 0 aliphatic rings. The van der Waals surface area contributed by atoms with Gasteiger partial charge in [0.15, 0.2) is 0 Å². The van der Waals surface area contributed by atoms with Crippen molar-refractivity contribution in [3.8, 4) is 5.75 Å². The first-order chi connectivity index (χ1) is 22.4. The maximum atomic E-state index is 13.2. The topological polar surface area (TPSA) is 186 Å². The van der Waals surface area contributed by atoms with E-state index in [1.165, 1.54) is 61.5 Å². The third kappa shape index (κ3) is 9.02. The van der Waals surface area contributed by atoms with Gasteiger partial charge < -0.3 is 19.7 Å². The van der Waals surface area contributed by atoms with Crippen LogP contribution in [0.4, 0.5) is 21.9 Å². The highest BCUT2D eigenvalue weighted by Gasteiger charge is 2.26. The van der Waals surface area contributed by atoms with Gasteiger partial charge in [0.05, 0.1) is 9.82 Å². The van der Waals surface area contributed by atoms with Crippen LogP contribution >= 0.6 is 0 Å². The first kappa shape index (κ1) is 34.3. The number of sulfonamides is 1. The summed E-state index contributed by atoms with van der Waals surface area (Å²) in [4.78, 5) is 49.5. The summed E-state index contributed by atoms with van der Waals surface area (Å²) in [5, 5.41) is 17.3. The van der Waals surface area contributed by atoms with E-state index >= 15 is 0 Å². The number of nitrogens with zero attached hydrogens (tertiary/aromatic N) is 2. The summed E-state index contributed by atoms with van der Waals surface area (Å²) in [7, 11) is -0.134. The summed E-state index contributed by atoms with van der Waals surface area (Å²) in [5.41, 5.74) is 1.15. The largest absolute Gasteiger partial charge is 0.431 e. The van der Waals surface area contributed by atoms with Crippen molar-refractivity contribution in [3.63, 3.8) is 0 Å². The number of fused-ring (bicyclic) bond motifs is 1. The Hall–Kier alpha value is -5.54. The number of nitrogens with one attached hydrogen (secondary N) is 3. The van der Waals surface area contributed by atoms with E-state index in [0.717, 1.165) is 11.1 Å². The van der Waals surface area contributed by atoms with Crippen molar-refractivity contribution in [2.75, 3.05) is 37.4 Å². The standard InChI is InChI=1S/C32H33N5O9S/c1-21(38)45-25-17-11-22(12-18-25)30(46-32(40)35-23-13-15-24(16-14-23)37(41)42)31(39)33-19-6-20-34-47(43,44)29-10-5-7-26-27(29)8-4-9-28(26)36(2)3/h4-5,7-18,30,34H,6,19-20H2,1-3H3,(H,33,39)(H,35,40). The molecule has 2 amide bonds. The smallest absolute Gasteiger partial charge is 0.412 e. The molecular formula is C32H33N5O9S. The number of carbonyl (C=O) groups is 3. The monoisotopic (exact) mass is 663 g/mol. The number of esters is 1. The van der Waals surface area contributed by atoms with Crippen LogP contribution < -0.4 is 25.0 Å². The Kier molecular flexibility index (Phi) is 11.1. The first-order valence-corrected chi connectivity index (χ1v) is 15.8. The molecule has 1 unspecified atom stereocenters. The van der Waals surface area contributed by atoms with Crippen molar-refractivity contribution in [2.45, 2.75) is 24.3 Å². The molecule has 0 saturated heterocycles. The lowest BCUT2D eigenvalue weighted by Gasteiger charge is -2.19. The Morgan fingerprint density at radius 2 is 1.55 bits per heavy atom. The van der Waals surface area contributed by atoms with E-state index in [2.05, 4.69) is 15.4 Å². The van der Waals surface area contributed by atoms with Crippen LogP contribution in [0, 0.1) is 10.1 Å². The van der Waals surface area contributed by atoms with Crippen molar-refractivity contribution < 1.29 is 37.2 Å². The van der Waals surface area contributed by atoms with Gasteiger partial charge in [-0.25, -0.2) is 17.9 Å². The summed E-state index contributed by atoms with van der Waals surface area (Å²) in [6, 6.07) is 21.3. The van der Waals surface area contributed by atoms with E-state index in [1.807, 2.05) is 31.1 Å². The van der Waals surface area contributed by atoms with Crippen molar-refractivity contribution in [1.29, 1.82) is 0 Å². The third-order valence-corrected chi connectivity index (χ3v) is 8.33. The van der Waals surface area contributed by atoms with Crippen LogP contribution in [-0.2, 0) is 24.3 Å². The van der Waals surface area contributed by atoms with E-state index in [4.69, 9.17) is 9.47 Å². The minimum Gasteiger partial charge on any atom is -0.431 e. The first-order valence-electron chi connectivity index (χ1n) is 14.3. The van der Waals surface area contributed by atoms with Gasteiger partial charge in [-0.1, -0.05) is 36.4 Å². The molecule has 0 bridgehead atoms. The minimum atomic E-state index is -3.89. The van der Waals surface area contributed by atoms with Gasteiger partial charge in [0.25, 0.3) is 11.6 Å². The number of anilines is 2. The molecule has 3 N–H and O–H groups in total. The van der Waals surface area contributed by atoms with Gasteiger partial charge >= 0.3 is 12.1 Å². The van der Waals surface area contributed by atoms with Gasteiger partial charge in [-0.2, -0.15) is 0 Å². The molecule has 0 radical (unpaired) electrons. The molecule has 4 aromatic carbocycles. The van der Waals surface area contributed by atoms with Crippen LogP contribution in [0.2, 0.25) is 0 Å². The van der Waals surface area contributed by atoms with Gasteiger partial charge in [0.1, 0.15) is 5.75 Å². The Morgan fingerprint density at radius 3 is 2.19 bits per heavy atom. The Balaban J connectivity index is 1.40. The van der Waals surface area contributed by atoms with Crippen LogP contribution in [0.3, 0.4) is 0 Å². The van der Waals surface area contributed by atoms with Crippen molar-refractivity contribution in [2.24, 2.45) is 0 Å². The maximum Gasteiger partial charge on any atom is 0.412 e. The number of carbonyl (C=O) groups excluding carboxylic acids is 3. The van der Waals surface area contributed by atoms with E-state index in [1.54, 1.807) is 18.2 Å². The molecular weight excluding hydrogens is 630 g/mol.